The molecule has 3 nitrogen and oxygen atoms in total. The molecule has 0 unspecified atom stereocenters. The van der Waals surface area contributed by atoms with E-state index in [2.05, 4.69) is 24.5 Å². The number of anilines is 1. The first-order valence-electron chi connectivity index (χ1n) is 6.34. The van der Waals surface area contributed by atoms with Gasteiger partial charge in [0.25, 0.3) is 0 Å². The van der Waals surface area contributed by atoms with Crippen LogP contribution in [0.4, 0.5) is 5.82 Å². The average molecular weight is 231 g/mol. The van der Waals surface area contributed by atoms with Crippen LogP contribution in [-0.2, 0) is 6.54 Å². The van der Waals surface area contributed by atoms with Crippen molar-refractivity contribution in [2.45, 2.75) is 53.0 Å². The number of nitrogens with two attached hydrogens (primary N) is 1. The smallest absolute Gasteiger partial charge is 0.122 e. The highest BCUT2D eigenvalue weighted by atomic mass is 15.1. The molecule has 1 aromatic rings. The Bertz CT molecular complexity index is 471. The molecular formula is C14H21N3. The molecule has 1 aliphatic rings. The Morgan fingerprint density at radius 1 is 1.35 bits per heavy atom. The Kier molecular flexibility index (Phi) is 2.91. The van der Waals surface area contributed by atoms with Gasteiger partial charge in [0.05, 0.1) is 5.56 Å². The maximum atomic E-state index is 9.12. The normalized spacial score (nSPS) is 18.2. The first-order chi connectivity index (χ1) is 7.98. The van der Waals surface area contributed by atoms with Gasteiger partial charge in [-0.15, -0.1) is 0 Å². The predicted octanol–water partition coefficient (Wildman–Crippen LogP) is 3.14. The van der Waals surface area contributed by atoms with Crippen LogP contribution in [0.1, 0.15) is 49.4 Å². The van der Waals surface area contributed by atoms with Gasteiger partial charge in [-0.05, 0) is 37.7 Å². The van der Waals surface area contributed by atoms with E-state index >= 15 is 0 Å². The van der Waals surface area contributed by atoms with Crippen molar-refractivity contribution in [2.24, 2.45) is 5.41 Å². The SMILES string of the molecule is Cc1c(C#N)c(N)n(CC2(C)CCCC2)c1C. The standard InChI is InChI=1S/C14H21N3/c1-10-11(2)17(13(16)12(10)8-15)9-14(3)6-4-5-7-14/h4-7,9,16H2,1-3H3. The highest BCUT2D eigenvalue weighted by Crippen LogP contribution is 2.40. The fourth-order valence-corrected chi connectivity index (χ4v) is 3.00. The van der Waals surface area contributed by atoms with E-state index in [-0.39, 0.29) is 0 Å². The summed E-state index contributed by atoms with van der Waals surface area (Å²) >= 11 is 0. The second-order valence-electron chi connectivity index (χ2n) is 5.69. The van der Waals surface area contributed by atoms with Crippen LogP contribution in [0.15, 0.2) is 0 Å². The minimum Gasteiger partial charge on any atom is -0.384 e. The highest BCUT2D eigenvalue weighted by molar-refractivity contribution is 5.57. The molecule has 1 aromatic heterocycles. The number of rotatable bonds is 2. The topological polar surface area (TPSA) is 54.7 Å². The highest BCUT2D eigenvalue weighted by Gasteiger charge is 2.30. The first-order valence-corrected chi connectivity index (χ1v) is 6.34. The summed E-state index contributed by atoms with van der Waals surface area (Å²) in [5.41, 5.74) is 9.29. The van der Waals surface area contributed by atoms with Crippen LogP contribution in [0.2, 0.25) is 0 Å². The molecule has 0 spiro atoms. The zero-order valence-electron chi connectivity index (χ0n) is 11.0. The van der Waals surface area contributed by atoms with Gasteiger partial charge >= 0.3 is 0 Å². The van der Waals surface area contributed by atoms with Gasteiger partial charge in [-0.3, -0.25) is 0 Å². The maximum Gasteiger partial charge on any atom is 0.122 e. The molecule has 0 bridgehead atoms. The fourth-order valence-electron chi connectivity index (χ4n) is 3.00. The molecule has 0 aliphatic heterocycles. The Balaban J connectivity index is 2.37. The fraction of sp³-hybridized carbons (Fsp3) is 0.643. The predicted molar refractivity (Wildman–Crippen MR) is 69.6 cm³/mol. The van der Waals surface area contributed by atoms with E-state index in [4.69, 9.17) is 11.0 Å². The van der Waals surface area contributed by atoms with Crippen LogP contribution in [0.25, 0.3) is 0 Å². The molecule has 1 heterocycles. The van der Waals surface area contributed by atoms with Gasteiger partial charge in [-0.2, -0.15) is 5.26 Å². The number of hydrogen-bond acceptors (Lipinski definition) is 2. The molecule has 1 fully saturated rings. The zero-order chi connectivity index (χ0) is 12.6. The van der Waals surface area contributed by atoms with E-state index in [0.29, 0.717) is 16.8 Å². The van der Waals surface area contributed by atoms with Gasteiger partial charge in [0.1, 0.15) is 11.9 Å². The van der Waals surface area contributed by atoms with Crippen molar-refractivity contribution in [3.05, 3.63) is 16.8 Å². The van der Waals surface area contributed by atoms with Gasteiger partial charge in [-0.1, -0.05) is 19.8 Å². The third kappa shape index (κ3) is 1.93. The molecule has 0 aromatic carbocycles. The van der Waals surface area contributed by atoms with Crippen LogP contribution in [0, 0.1) is 30.6 Å². The molecule has 92 valence electrons. The Hall–Kier alpha value is -1.43. The molecule has 2 N–H and O–H groups in total. The van der Waals surface area contributed by atoms with Crippen molar-refractivity contribution in [1.82, 2.24) is 4.57 Å². The number of nitrogen functional groups attached to an aromatic ring is 1. The summed E-state index contributed by atoms with van der Waals surface area (Å²) in [4.78, 5) is 0. The molecule has 2 rings (SSSR count). The van der Waals surface area contributed by atoms with Gasteiger partial charge in [0, 0.05) is 12.2 Å². The maximum absolute atomic E-state index is 9.12. The lowest BCUT2D eigenvalue weighted by atomic mass is 9.89. The molecule has 0 saturated heterocycles. The summed E-state index contributed by atoms with van der Waals surface area (Å²) < 4.78 is 2.14. The third-order valence-electron chi connectivity index (χ3n) is 4.33. The summed E-state index contributed by atoms with van der Waals surface area (Å²) in [6, 6.07) is 2.22. The molecule has 17 heavy (non-hydrogen) atoms. The lowest BCUT2D eigenvalue weighted by Crippen LogP contribution is -2.21. The lowest BCUT2D eigenvalue weighted by Gasteiger charge is -2.25. The third-order valence-corrected chi connectivity index (χ3v) is 4.33. The van der Waals surface area contributed by atoms with Crippen molar-refractivity contribution >= 4 is 5.82 Å². The van der Waals surface area contributed by atoms with E-state index < -0.39 is 0 Å². The summed E-state index contributed by atoms with van der Waals surface area (Å²) in [6.45, 7) is 7.33. The van der Waals surface area contributed by atoms with E-state index in [0.717, 1.165) is 17.8 Å². The van der Waals surface area contributed by atoms with Crippen LogP contribution in [0.5, 0.6) is 0 Å². The summed E-state index contributed by atoms with van der Waals surface area (Å²) in [5.74, 6) is 0.649. The second kappa shape index (κ2) is 4.10. The Morgan fingerprint density at radius 3 is 2.41 bits per heavy atom. The number of hydrogen-bond donors (Lipinski definition) is 1. The second-order valence-corrected chi connectivity index (χ2v) is 5.69. The number of aromatic nitrogens is 1. The molecule has 0 atom stereocenters. The summed E-state index contributed by atoms with van der Waals surface area (Å²) in [5, 5.41) is 9.12. The minimum atomic E-state index is 0.358. The lowest BCUT2D eigenvalue weighted by molar-refractivity contribution is 0.281. The van der Waals surface area contributed by atoms with Gasteiger partial charge < -0.3 is 10.3 Å². The zero-order valence-corrected chi connectivity index (χ0v) is 11.0. The van der Waals surface area contributed by atoms with Crippen LogP contribution < -0.4 is 5.73 Å². The van der Waals surface area contributed by atoms with Crippen molar-refractivity contribution in [2.75, 3.05) is 5.73 Å². The minimum absolute atomic E-state index is 0.358. The van der Waals surface area contributed by atoms with E-state index in [9.17, 15) is 0 Å². The molecule has 0 radical (unpaired) electrons. The molecule has 3 heteroatoms. The average Bonchev–Trinajstić information content (AvgIpc) is 2.79. The van der Waals surface area contributed by atoms with E-state index in [1.54, 1.807) is 0 Å². The van der Waals surface area contributed by atoms with Crippen LogP contribution in [0.3, 0.4) is 0 Å². The summed E-state index contributed by atoms with van der Waals surface area (Å²) in [6.07, 6.45) is 5.18. The first kappa shape index (κ1) is 12.0. The molecule has 0 amide bonds. The molecular weight excluding hydrogens is 210 g/mol. The van der Waals surface area contributed by atoms with Crippen LogP contribution >= 0.6 is 0 Å². The molecule has 1 aliphatic carbocycles. The van der Waals surface area contributed by atoms with E-state index in [1.165, 1.54) is 25.7 Å². The van der Waals surface area contributed by atoms with Crippen LogP contribution in [-0.4, -0.2) is 4.57 Å². The number of nitriles is 1. The molecule has 1 saturated carbocycles. The van der Waals surface area contributed by atoms with Crippen molar-refractivity contribution in [3.63, 3.8) is 0 Å². The van der Waals surface area contributed by atoms with Crippen molar-refractivity contribution in [3.8, 4) is 6.07 Å². The van der Waals surface area contributed by atoms with E-state index in [1.807, 2.05) is 6.92 Å². The van der Waals surface area contributed by atoms with Crippen molar-refractivity contribution in [1.29, 1.82) is 5.26 Å². The quantitative estimate of drug-likeness (QED) is 0.850. The van der Waals surface area contributed by atoms with Gasteiger partial charge in [0.2, 0.25) is 0 Å². The van der Waals surface area contributed by atoms with Crippen molar-refractivity contribution < 1.29 is 0 Å². The van der Waals surface area contributed by atoms with Gasteiger partial charge in [-0.25, -0.2) is 0 Å². The monoisotopic (exact) mass is 231 g/mol. The largest absolute Gasteiger partial charge is 0.384 e. The number of nitrogens with zero attached hydrogens (tertiary/aromatic N) is 2. The Labute approximate surface area is 103 Å². The Morgan fingerprint density at radius 2 is 1.94 bits per heavy atom. The summed E-state index contributed by atoms with van der Waals surface area (Å²) in [7, 11) is 0. The van der Waals surface area contributed by atoms with Gasteiger partial charge in [0.15, 0.2) is 0 Å².